The largest absolute Gasteiger partial charge is 0.481 e. The Labute approximate surface area is 224 Å². The molecule has 39 heavy (non-hydrogen) atoms. The molecule has 0 bridgehead atoms. The minimum atomic E-state index is -0.833. The topological polar surface area (TPSA) is 143 Å². The highest BCUT2D eigenvalue weighted by Crippen LogP contribution is 2.35. The molecule has 6 aromatic rings. The van der Waals surface area contributed by atoms with Crippen molar-refractivity contribution in [3.05, 3.63) is 94.5 Å². The zero-order valence-electron chi connectivity index (χ0n) is 21.6. The van der Waals surface area contributed by atoms with E-state index in [2.05, 4.69) is 44.0 Å². The fourth-order valence-electron chi connectivity index (χ4n) is 4.96. The number of nitrogens with two attached hydrogens (primary N) is 1. The number of carboxylic acids is 1. The van der Waals surface area contributed by atoms with Gasteiger partial charge in [-0.2, -0.15) is 5.10 Å². The third-order valence-electron chi connectivity index (χ3n) is 6.62. The van der Waals surface area contributed by atoms with Crippen molar-refractivity contribution in [2.45, 2.75) is 32.7 Å². The summed E-state index contributed by atoms with van der Waals surface area (Å²) >= 11 is 0. The van der Waals surface area contributed by atoms with Gasteiger partial charge >= 0.3 is 0 Å². The molecule has 0 aliphatic carbocycles. The maximum absolute atomic E-state index is 13.5. The smallest absolute Gasteiger partial charge is 0.300 e. The van der Waals surface area contributed by atoms with Crippen molar-refractivity contribution in [3.8, 4) is 11.3 Å². The number of aryl methyl sites for hydroxylation is 1. The summed E-state index contributed by atoms with van der Waals surface area (Å²) in [4.78, 5) is 30.4. The number of H-pyrrole nitrogens is 2. The number of fused-ring (bicyclic) bond motifs is 3. The highest BCUT2D eigenvalue weighted by Gasteiger charge is 2.22. The predicted molar refractivity (Wildman–Crippen MR) is 154 cm³/mol. The molecule has 3 aromatic heterocycles. The number of carboxylic acid groups (broad SMARTS) is 1. The standard InChI is InChI=1S/C28H26N6O.C2H4O2/c29-12-6-7-13-34-24-11-5-4-10-20(24)26(25(34)14-18-8-2-1-3-9-18)27-28(35)32-22-15-19-17-30-33-21(19)16-23(22)31-27;1-2(3)4/h1-5,8-11,15-17H,6-7,12-14,29H2,(H,30,33)(H,32,35);1H3,(H,3,4). The number of para-hydroxylation sites is 1. The fourth-order valence-corrected chi connectivity index (χ4v) is 4.96. The zero-order chi connectivity index (χ0) is 27.4. The molecule has 0 aliphatic rings. The molecule has 0 atom stereocenters. The van der Waals surface area contributed by atoms with Crippen LogP contribution in [0.3, 0.4) is 0 Å². The Morgan fingerprint density at radius 1 is 1.03 bits per heavy atom. The molecule has 6 rings (SSSR count). The molecule has 0 unspecified atom stereocenters. The Bertz CT molecular complexity index is 1810. The maximum Gasteiger partial charge on any atom is 0.300 e. The third-order valence-corrected chi connectivity index (χ3v) is 6.62. The number of nitrogens with one attached hydrogen (secondary N) is 2. The van der Waals surface area contributed by atoms with Gasteiger partial charge in [0.25, 0.3) is 11.5 Å². The van der Waals surface area contributed by atoms with Gasteiger partial charge in [0.15, 0.2) is 0 Å². The maximum atomic E-state index is 13.5. The van der Waals surface area contributed by atoms with E-state index in [-0.39, 0.29) is 5.56 Å². The second-order valence-electron chi connectivity index (χ2n) is 9.41. The first-order chi connectivity index (χ1) is 19.0. The molecule has 0 radical (unpaired) electrons. The number of hydrogen-bond acceptors (Lipinski definition) is 5. The molecule has 9 heteroatoms. The monoisotopic (exact) mass is 522 g/mol. The van der Waals surface area contributed by atoms with Crippen LogP contribution in [0.1, 0.15) is 31.0 Å². The minimum Gasteiger partial charge on any atom is -0.481 e. The van der Waals surface area contributed by atoms with Crippen LogP contribution >= 0.6 is 0 Å². The molecule has 198 valence electrons. The molecule has 0 saturated carbocycles. The first-order valence-corrected chi connectivity index (χ1v) is 12.9. The molecule has 0 saturated heterocycles. The molecule has 0 spiro atoms. The van der Waals surface area contributed by atoms with Crippen molar-refractivity contribution in [3.63, 3.8) is 0 Å². The lowest BCUT2D eigenvalue weighted by Crippen LogP contribution is -2.13. The summed E-state index contributed by atoms with van der Waals surface area (Å²) < 4.78 is 2.34. The van der Waals surface area contributed by atoms with Gasteiger partial charge in [0.05, 0.1) is 22.7 Å². The number of benzene rings is 3. The normalized spacial score (nSPS) is 11.1. The lowest BCUT2D eigenvalue weighted by molar-refractivity contribution is -0.134. The molecule has 3 aromatic carbocycles. The van der Waals surface area contributed by atoms with Crippen LogP contribution in [0, 0.1) is 0 Å². The summed E-state index contributed by atoms with van der Waals surface area (Å²) in [6.45, 7) is 2.58. The number of aromatic nitrogens is 5. The molecule has 0 fully saturated rings. The van der Waals surface area contributed by atoms with Gasteiger partial charge < -0.3 is 20.4 Å². The number of hydrogen-bond donors (Lipinski definition) is 4. The highest BCUT2D eigenvalue weighted by atomic mass is 16.4. The van der Waals surface area contributed by atoms with Crippen molar-refractivity contribution in [1.82, 2.24) is 24.7 Å². The van der Waals surface area contributed by atoms with Crippen LogP contribution in [0.4, 0.5) is 0 Å². The zero-order valence-corrected chi connectivity index (χ0v) is 21.6. The first-order valence-electron chi connectivity index (χ1n) is 12.9. The molecule has 5 N–H and O–H groups in total. The van der Waals surface area contributed by atoms with E-state index in [0.29, 0.717) is 24.2 Å². The van der Waals surface area contributed by atoms with Crippen LogP contribution in [0.15, 0.2) is 77.7 Å². The van der Waals surface area contributed by atoms with Crippen molar-refractivity contribution in [1.29, 1.82) is 0 Å². The SMILES string of the molecule is CC(=O)O.NCCCCn1c(Cc2ccccc2)c(-c2nc3cc4[nH]ncc4cc3[nH]c2=O)c2ccccc21. The lowest BCUT2D eigenvalue weighted by Gasteiger charge is -2.13. The number of rotatable bonds is 7. The summed E-state index contributed by atoms with van der Waals surface area (Å²) in [7, 11) is 0. The van der Waals surface area contributed by atoms with E-state index in [1.807, 2.05) is 42.5 Å². The van der Waals surface area contributed by atoms with Crippen LogP contribution in [0.5, 0.6) is 0 Å². The Hall–Kier alpha value is -4.76. The summed E-state index contributed by atoms with van der Waals surface area (Å²) in [5.74, 6) is -0.833. The van der Waals surface area contributed by atoms with Crippen molar-refractivity contribution < 1.29 is 9.90 Å². The van der Waals surface area contributed by atoms with E-state index in [9.17, 15) is 4.79 Å². The van der Waals surface area contributed by atoms with Crippen LogP contribution in [0.25, 0.3) is 44.1 Å². The summed E-state index contributed by atoms with van der Waals surface area (Å²) in [5, 5.41) is 16.5. The van der Waals surface area contributed by atoms with E-state index in [1.54, 1.807) is 6.20 Å². The molecule has 9 nitrogen and oxygen atoms in total. The Balaban J connectivity index is 0.000000723. The Morgan fingerprint density at radius 3 is 2.54 bits per heavy atom. The number of carbonyl (C=O) groups is 1. The van der Waals surface area contributed by atoms with Crippen molar-refractivity contribution in [2.24, 2.45) is 5.73 Å². The Kier molecular flexibility index (Phi) is 7.51. The quantitative estimate of drug-likeness (QED) is 0.221. The number of unbranched alkanes of at least 4 members (excludes halogenated alkanes) is 1. The van der Waals surface area contributed by atoms with E-state index in [1.165, 1.54) is 5.56 Å². The highest BCUT2D eigenvalue weighted by molar-refractivity contribution is 5.99. The van der Waals surface area contributed by atoms with E-state index < -0.39 is 5.97 Å². The van der Waals surface area contributed by atoms with Gasteiger partial charge in [0, 0.05) is 47.4 Å². The lowest BCUT2D eigenvalue weighted by atomic mass is 10.0. The van der Waals surface area contributed by atoms with Crippen LogP contribution < -0.4 is 11.3 Å². The van der Waals surface area contributed by atoms with Crippen molar-refractivity contribution in [2.75, 3.05) is 6.54 Å². The molecule has 0 amide bonds. The van der Waals surface area contributed by atoms with Crippen LogP contribution in [-0.2, 0) is 17.8 Å². The Morgan fingerprint density at radius 2 is 1.77 bits per heavy atom. The summed E-state index contributed by atoms with van der Waals surface area (Å²) in [5.41, 5.74) is 12.6. The molecule has 0 aliphatic heterocycles. The van der Waals surface area contributed by atoms with E-state index in [4.69, 9.17) is 20.6 Å². The number of aromatic amines is 2. The average Bonchev–Trinajstić information content (AvgIpc) is 3.49. The van der Waals surface area contributed by atoms with Crippen molar-refractivity contribution >= 4 is 38.8 Å². The van der Waals surface area contributed by atoms with Gasteiger partial charge in [-0.05, 0) is 43.1 Å². The van der Waals surface area contributed by atoms with Gasteiger partial charge in [-0.15, -0.1) is 0 Å². The number of nitrogens with zero attached hydrogens (tertiary/aromatic N) is 3. The van der Waals surface area contributed by atoms with Gasteiger partial charge in [-0.3, -0.25) is 14.7 Å². The van der Waals surface area contributed by atoms with Crippen LogP contribution in [0.2, 0.25) is 0 Å². The van der Waals surface area contributed by atoms with Gasteiger partial charge in [-0.25, -0.2) is 4.98 Å². The molecular formula is C30H30N6O3. The fraction of sp³-hybridized carbons (Fsp3) is 0.200. The average molecular weight is 523 g/mol. The van der Waals surface area contributed by atoms with Gasteiger partial charge in [0.1, 0.15) is 5.69 Å². The second-order valence-corrected chi connectivity index (χ2v) is 9.41. The minimum absolute atomic E-state index is 0.195. The number of aliphatic carboxylic acids is 1. The van der Waals surface area contributed by atoms with E-state index >= 15 is 0 Å². The first kappa shape index (κ1) is 25.9. The second kappa shape index (κ2) is 11.3. The molecular weight excluding hydrogens is 492 g/mol. The van der Waals surface area contributed by atoms with E-state index in [0.717, 1.165) is 64.9 Å². The van der Waals surface area contributed by atoms with Gasteiger partial charge in [0.2, 0.25) is 0 Å². The predicted octanol–water partition coefficient (Wildman–Crippen LogP) is 4.84. The van der Waals surface area contributed by atoms with Gasteiger partial charge in [-0.1, -0.05) is 48.5 Å². The molecule has 3 heterocycles. The summed E-state index contributed by atoms with van der Waals surface area (Å²) in [6.07, 6.45) is 4.36. The third kappa shape index (κ3) is 5.44. The van der Waals surface area contributed by atoms with Crippen LogP contribution in [-0.4, -0.2) is 42.4 Å². The summed E-state index contributed by atoms with van der Waals surface area (Å²) in [6, 6.07) is 22.5.